The molecule has 0 radical (unpaired) electrons. The lowest BCUT2D eigenvalue weighted by molar-refractivity contribution is 0.590. The maximum absolute atomic E-state index is 2.71. The molecule has 3 aliphatic rings. The third kappa shape index (κ3) is 9.53. The average Bonchev–Trinajstić information content (AvgIpc) is 1.68. The number of nitrogens with zero attached hydrogens (tertiary/aromatic N) is 4. The van der Waals surface area contributed by atoms with Crippen LogP contribution in [0, 0.1) is 0 Å². The van der Waals surface area contributed by atoms with Crippen LogP contribution in [0.25, 0.3) is 64.7 Å². The third-order valence-electron chi connectivity index (χ3n) is 21.8. The quantitative estimate of drug-likeness (QED) is 0.105. The fourth-order valence-corrected chi connectivity index (χ4v) is 18.0. The van der Waals surface area contributed by atoms with Gasteiger partial charge in [0.25, 0.3) is 6.71 Å². The van der Waals surface area contributed by atoms with Crippen LogP contribution in [0.15, 0.2) is 279 Å². The van der Waals surface area contributed by atoms with E-state index in [1.54, 1.807) is 0 Å². The highest BCUT2D eigenvalue weighted by Gasteiger charge is 2.47. The average molecular weight is 1300 g/mol. The number of rotatable bonds is 9. The first-order chi connectivity index (χ1) is 47.8. The molecular formula is C93H79BN4S. The second-order valence-corrected chi connectivity index (χ2v) is 32.4. The Morgan fingerprint density at radius 2 is 0.909 bits per heavy atom. The number of anilines is 12. The number of hydrogen-bond acceptors (Lipinski definition) is 5. The van der Waals surface area contributed by atoms with Crippen molar-refractivity contribution in [2.24, 2.45) is 0 Å². The van der Waals surface area contributed by atoms with Gasteiger partial charge in [0.05, 0.1) is 22.7 Å². The van der Waals surface area contributed by atoms with Crippen LogP contribution in [-0.4, -0.2) is 6.71 Å². The molecule has 18 rings (SSSR count). The minimum absolute atomic E-state index is 0.0476. The van der Waals surface area contributed by atoms with Crippen LogP contribution < -0.4 is 35.3 Å². The number of thiophene rings is 1. The van der Waals surface area contributed by atoms with Crippen LogP contribution in [0.4, 0.5) is 68.2 Å². The molecule has 480 valence electrons. The van der Waals surface area contributed by atoms with Crippen LogP contribution in [0.3, 0.4) is 0 Å². The zero-order valence-electron chi connectivity index (χ0n) is 58.3. The van der Waals surface area contributed by atoms with Crippen molar-refractivity contribution in [1.82, 2.24) is 0 Å². The van der Waals surface area contributed by atoms with Gasteiger partial charge in [0.15, 0.2) is 0 Å². The molecule has 2 aliphatic heterocycles. The molecule has 0 amide bonds. The summed E-state index contributed by atoms with van der Waals surface area (Å²) in [5.41, 5.74) is 27.0. The molecule has 6 heteroatoms. The van der Waals surface area contributed by atoms with E-state index < -0.39 is 0 Å². The van der Waals surface area contributed by atoms with E-state index in [0.29, 0.717) is 0 Å². The van der Waals surface area contributed by atoms with Crippen LogP contribution in [-0.2, 0) is 21.7 Å². The van der Waals surface area contributed by atoms with Crippen molar-refractivity contribution in [1.29, 1.82) is 0 Å². The van der Waals surface area contributed by atoms with Gasteiger partial charge < -0.3 is 19.6 Å². The highest BCUT2D eigenvalue weighted by atomic mass is 32.1. The van der Waals surface area contributed by atoms with Gasteiger partial charge in [-0.2, -0.15) is 0 Å². The maximum atomic E-state index is 2.71. The van der Waals surface area contributed by atoms with Crippen molar-refractivity contribution < 1.29 is 0 Å². The minimum Gasteiger partial charge on any atom is -0.311 e. The molecule has 0 saturated carbocycles. The van der Waals surface area contributed by atoms with E-state index in [4.69, 9.17) is 0 Å². The summed E-state index contributed by atoms with van der Waals surface area (Å²) in [7, 11) is 0. The highest BCUT2D eigenvalue weighted by Crippen LogP contribution is 2.57. The predicted molar refractivity (Wildman–Crippen MR) is 428 cm³/mol. The Hall–Kier alpha value is -10.7. The van der Waals surface area contributed by atoms with Crippen molar-refractivity contribution in [3.8, 4) is 22.3 Å². The predicted octanol–water partition coefficient (Wildman–Crippen LogP) is 24.7. The summed E-state index contributed by atoms with van der Waals surface area (Å²) in [6, 6.07) is 107. The Labute approximate surface area is 587 Å². The lowest BCUT2D eigenvalue weighted by atomic mass is 9.36. The van der Waals surface area contributed by atoms with Crippen LogP contribution >= 0.6 is 11.3 Å². The molecule has 15 aromatic rings. The largest absolute Gasteiger partial charge is 0.311 e. The Morgan fingerprint density at radius 3 is 1.58 bits per heavy atom. The van der Waals surface area contributed by atoms with E-state index in [0.717, 1.165) is 62.6 Å². The molecule has 0 N–H and O–H groups in total. The monoisotopic (exact) mass is 1290 g/mol. The first-order valence-corrected chi connectivity index (χ1v) is 36.0. The maximum Gasteiger partial charge on any atom is 0.264 e. The molecule has 1 aliphatic carbocycles. The van der Waals surface area contributed by atoms with Gasteiger partial charge in [-0.3, -0.25) is 0 Å². The van der Waals surface area contributed by atoms with E-state index in [-0.39, 0.29) is 28.4 Å². The van der Waals surface area contributed by atoms with E-state index in [2.05, 4.69) is 375 Å². The van der Waals surface area contributed by atoms with Crippen LogP contribution in [0.2, 0.25) is 0 Å². The SMILES string of the molecule is CC(C)(C)c1ccc(N2c3cc(N(c4ccccc4)c4ccccc4)cc4c3B(c3ccc(N(c5ccccc5)c5cccc6c5-c5ccccc5C6(C)C)cc3N4c3ccc(C(C)(C)C)cc3-c3ccc4ccc5cccc6ccc3c4c56)c3sc4ccc(C(C)(C)C)cc4c32)cc1. The molecule has 0 saturated heterocycles. The van der Waals surface area contributed by atoms with Gasteiger partial charge in [-0.1, -0.05) is 252 Å². The summed E-state index contributed by atoms with van der Waals surface area (Å²) in [5.74, 6) is 0. The van der Waals surface area contributed by atoms with Gasteiger partial charge in [-0.15, -0.1) is 11.3 Å². The van der Waals surface area contributed by atoms with Crippen molar-refractivity contribution in [3.63, 3.8) is 0 Å². The summed E-state index contributed by atoms with van der Waals surface area (Å²) in [6.45, 7) is 25.7. The Bertz CT molecular complexity index is 5680. The van der Waals surface area contributed by atoms with Gasteiger partial charge >= 0.3 is 0 Å². The minimum atomic E-state index is -0.205. The summed E-state index contributed by atoms with van der Waals surface area (Å²) in [6.07, 6.45) is 0. The van der Waals surface area contributed by atoms with Gasteiger partial charge in [0, 0.05) is 76.9 Å². The molecule has 3 heterocycles. The molecule has 1 aromatic heterocycles. The van der Waals surface area contributed by atoms with Crippen molar-refractivity contribution >= 4 is 144 Å². The van der Waals surface area contributed by atoms with Crippen LogP contribution in [0.5, 0.6) is 0 Å². The zero-order chi connectivity index (χ0) is 67.6. The molecule has 0 unspecified atom stereocenters. The fraction of sp³-hybridized carbons (Fsp3) is 0.161. The highest BCUT2D eigenvalue weighted by molar-refractivity contribution is 7.33. The number of benzene rings is 14. The Balaban J connectivity index is 1.00. The number of para-hydroxylation sites is 3. The topological polar surface area (TPSA) is 13.0 Å². The summed E-state index contributed by atoms with van der Waals surface area (Å²) >= 11 is 1.97. The fourth-order valence-electron chi connectivity index (χ4n) is 16.7. The number of fused-ring (bicyclic) bond motifs is 9. The normalized spacial score (nSPS) is 13.8. The van der Waals surface area contributed by atoms with Crippen molar-refractivity contribution in [2.75, 3.05) is 19.6 Å². The van der Waals surface area contributed by atoms with E-state index in [1.807, 2.05) is 11.3 Å². The van der Waals surface area contributed by atoms with Crippen LogP contribution in [0.1, 0.15) is 104 Å². The first-order valence-electron chi connectivity index (χ1n) is 35.2. The molecule has 99 heavy (non-hydrogen) atoms. The molecule has 0 bridgehead atoms. The number of hydrogen-bond donors (Lipinski definition) is 0. The lowest BCUT2D eigenvalue weighted by Crippen LogP contribution is -2.60. The van der Waals surface area contributed by atoms with Crippen molar-refractivity contribution in [3.05, 3.63) is 307 Å². The molecule has 14 aromatic carbocycles. The Kier molecular flexibility index (Phi) is 13.6. The van der Waals surface area contributed by atoms with Gasteiger partial charge in [-0.25, -0.2) is 0 Å². The van der Waals surface area contributed by atoms with E-state index in [9.17, 15) is 0 Å². The summed E-state index contributed by atoms with van der Waals surface area (Å²) in [4.78, 5) is 10.4. The van der Waals surface area contributed by atoms with Crippen molar-refractivity contribution in [2.45, 2.75) is 97.8 Å². The van der Waals surface area contributed by atoms with Gasteiger partial charge in [0.1, 0.15) is 0 Å². The second kappa shape index (κ2) is 22.2. The van der Waals surface area contributed by atoms with Gasteiger partial charge in [-0.05, 0) is 202 Å². The summed E-state index contributed by atoms with van der Waals surface area (Å²) < 4.78 is 2.61. The smallest absolute Gasteiger partial charge is 0.264 e. The van der Waals surface area contributed by atoms with E-state index >= 15 is 0 Å². The first kappa shape index (κ1) is 60.7. The standard InChI is InChI=1S/C93H79BN4S/c1-90(2,3)61-41-45-67(46-42-61)97-81-56-69(95(64-27-15-12-16-28-64)65-29-17-13-18-30-65)57-82-87(81)94(89-88(97)74-54-63(92(7,8)9)44-52-83(74)99-89)77-50-47-68(96(66-31-19-14-20-32-66)79-36-24-35-76-86(79)72-33-21-22-34-75(72)93(76,10)11)55-80(77)98(82)78-51-43-62(91(4,5)6)53-73(78)70-48-39-60-38-37-58-25-23-26-59-40-49-71(70)85(60)84(58)59/h12-57H,1-11H3. The molecule has 0 atom stereocenters. The van der Waals surface area contributed by atoms with Gasteiger partial charge in [0.2, 0.25) is 0 Å². The second-order valence-electron chi connectivity index (χ2n) is 31.3. The summed E-state index contributed by atoms with van der Waals surface area (Å²) in [5, 5.41) is 8.89. The van der Waals surface area contributed by atoms with E-state index in [1.165, 1.54) is 114 Å². The zero-order valence-corrected chi connectivity index (χ0v) is 59.1. The Morgan fingerprint density at radius 1 is 0.364 bits per heavy atom. The third-order valence-corrected chi connectivity index (χ3v) is 23.0. The molecule has 0 spiro atoms. The molecule has 0 fully saturated rings. The molecule has 4 nitrogen and oxygen atoms in total. The lowest BCUT2D eigenvalue weighted by Gasteiger charge is -2.45. The molecular weight excluding hydrogens is 1220 g/mol.